The molecule has 0 aromatic heterocycles. The van der Waals surface area contributed by atoms with Gasteiger partial charge < -0.3 is 15.2 Å². The molecule has 1 fully saturated rings. The van der Waals surface area contributed by atoms with Gasteiger partial charge in [-0.1, -0.05) is 17.7 Å². The summed E-state index contributed by atoms with van der Waals surface area (Å²) in [5, 5.41) is 11.8. The predicted molar refractivity (Wildman–Crippen MR) is 73.7 cm³/mol. The number of rotatable bonds is 5. The predicted octanol–water partition coefficient (Wildman–Crippen LogP) is 1.77. The monoisotopic (exact) mass is 315 g/mol. The summed E-state index contributed by atoms with van der Waals surface area (Å²) in [6, 6.07) is 4.09. The molecule has 1 aromatic carbocycles. The second-order valence-corrected chi connectivity index (χ2v) is 5.21. The number of hydrogen-bond acceptors (Lipinski definition) is 3. The number of aliphatic carboxylic acids is 1. The van der Waals surface area contributed by atoms with Crippen LogP contribution in [0, 0.1) is 5.82 Å². The fourth-order valence-electron chi connectivity index (χ4n) is 2.17. The van der Waals surface area contributed by atoms with Crippen LogP contribution in [-0.4, -0.2) is 35.7 Å². The smallest absolute Gasteiger partial charge is 0.332 e. The molecule has 7 heteroatoms. The molecular formula is C14H15ClFNO4. The molecule has 1 heterocycles. The van der Waals surface area contributed by atoms with Gasteiger partial charge in [-0.15, -0.1) is 0 Å². The Balaban J connectivity index is 1.78. The molecule has 1 aliphatic rings. The van der Waals surface area contributed by atoms with Crippen LogP contribution < -0.4 is 5.32 Å². The molecule has 0 spiro atoms. The van der Waals surface area contributed by atoms with Gasteiger partial charge in [-0.05, 0) is 37.0 Å². The van der Waals surface area contributed by atoms with E-state index in [1.165, 1.54) is 12.1 Å². The van der Waals surface area contributed by atoms with Gasteiger partial charge in [0.2, 0.25) is 5.91 Å². The van der Waals surface area contributed by atoms with Crippen molar-refractivity contribution in [2.24, 2.45) is 0 Å². The van der Waals surface area contributed by atoms with E-state index in [-0.39, 0.29) is 5.91 Å². The summed E-state index contributed by atoms with van der Waals surface area (Å²) in [4.78, 5) is 22.6. The minimum Gasteiger partial charge on any atom is -0.479 e. The van der Waals surface area contributed by atoms with Crippen molar-refractivity contribution >= 4 is 23.5 Å². The van der Waals surface area contributed by atoms with Gasteiger partial charge >= 0.3 is 5.97 Å². The maximum Gasteiger partial charge on any atom is 0.332 e. The number of ether oxygens (including phenoxy) is 1. The number of carbonyl (C=O) groups excluding carboxylic acids is 1. The van der Waals surface area contributed by atoms with Crippen molar-refractivity contribution < 1.29 is 23.8 Å². The zero-order chi connectivity index (χ0) is 15.4. The zero-order valence-corrected chi connectivity index (χ0v) is 11.9. The lowest BCUT2D eigenvalue weighted by Gasteiger charge is -2.12. The minimum absolute atomic E-state index is 0.312. The third-order valence-corrected chi connectivity index (χ3v) is 3.65. The van der Waals surface area contributed by atoms with Gasteiger partial charge in [0.1, 0.15) is 11.9 Å². The molecule has 1 saturated heterocycles. The molecule has 0 unspecified atom stereocenters. The molecule has 0 radical (unpaired) electrons. The Morgan fingerprint density at radius 2 is 2.10 bits per heavy atom. The summed E-state index contributed by atoms with van der Waals surface area (Å²) in [6.07, 6.45) is -0.459. The lowest BCUT2D eigenvalue weighted by atomic mass is 10.1. The van der Waals surface area contributed by atoms with Crippen molar-refractivity contribution in [3.63, 3.8) is 0 Å². The summed E-state index contributed by atoms with van der Waals surface area (Å²) >= 11 is 5.88. The third kappa shape index (κ3) is 4.15. The average Bonchev–Trinajstić information content (AvgIpc) is 2.91. The van der Waals surface area contributed by atoms with Crippen molar-refractivity contribution in [2.45, 2.75) is 31.5 Å². The molecule has 1 aliphatic heterocycles. The number of nitrogens with one attached hydrogen (secondary N) is 1. The summed E-state index contributed by atoms with van der Waals surface area (Å²) in [7, 11) is 0. The van der Waals surface area contributed by atoms with E-state index in [2.05, 4.69) is 5.32 Å². The van der Waals surface area contributed by atoms with Gasteiger partial charge in [0.25, 0.3) is 0 Å². The topological polar surface area (TPSA) is 75.6 Å². The van der Waals surface area contributed by atoms with Crippen molar-refractivity contribution in [3.05, 3.63) is 34.6 Å². The number of carboxylic acid groups (broad SMARTS) is 1. The van der Waals surface area contributed by atoms with Crippen molar-refractivity contribution in [1.82, 2.24) is 5.32 Å². The number of carboxylic acids is 1. The second-order valence-electron chi connectivity index (χ2n) is 4.81. The summed E-state index contributed by atoms with van der Waals surface area (Å²) < 4.78 is 18.0. The normalized spacial score (nSPS) is 21.2. The van der Waals surface area contributed by atoms with Crippen LogP contribution in [0.3, 0.4) is 0 Å². The van der Waals surface area contributed by atoms with Crippen LogP contribution >= 0.6 is 11.6 Å². The fourth-order valence-corrected chi connectivity index (χ4v) is 2.43. The van der Waals surface area contributed by atoms with E-state index in [0.717, 1.165) is 5.56 Å². The number of halogens is 2. The lowest BCUT2D eigenvalue weighted by molar-refractivity contribution is -0.151. The molecule has 21 heavy (non-hydrogen) atoms. The minimum atomic E-state index is -1.05. The van der Waals surface area contributed by atoms with Crippen LogP contribution in [0.1, 0.15) is 18.4 Å². The SMILES string of the molecule is O=C(NCCc1ccc(F)cc1Cl)[C@@H]1CC[C@H](C(=O)O)O1. The highest BCUT2D eigenvalue weighted by molar-refractivity contribution is 6.31. The van der Waals surface area contributed by atoms with Crippen molar-refractivity contribution in [2.75, 3.05) is 6.54 Å². The Labute approximate surface area is 126 Å². The average molecular weight is 316 g/mol. The van der Waals surface area contributed by atoms with E-state index >= 15 is 0 Å². The van der Waals surface area contributed by atoms with E-state index in [1.54, 1.807) is 6.07 Å². The molecule has 2 atom stereocenters. The Kier molecular flexibility index (Phi) is 5.14. The van der Waals surface area contributed by atoms with Gasteiger partial charge in [-0.25, -0.2) is 9.18 Å². The van der Waals surface area contributed by atoms with Gasteiger partial charge in [-0.2, -0.15) is 0 Å². The molecule has 114 valence electrons. The van der Waals surface area contributed by atoms with Crippen LogP contribution in [0.25, 0.3) is 0 Å². The van der Waals surface area contributed by atoms with Crippen LogP contribution in [-0.2, 0) is 20.7 Å². The Hall–Kier alpha value is -1.66. The van der Waals surface area contributed by atoms with E-state index in [4.69, 9.17) is 21.4 Å². The number of carbonyl (C=O) groups is 2. The molecule has 1 amide bonds. The maximum atomic E-state index is 12.9. The van der Waals surface area contributed by atoms with Gasteiger partial charge in [0, 0.05) is 11.6 Å². The lowest BCUT2D eigenvalue weighted by Crippen LogP contribution is -2.36. The largest absolute Gasteiger partial charge is 0.479 e. The van der Waals surface area contributed by atoms with Crippen molar-refractivity contribution in [1.29, 1.82) is 0 Å². The third-order valence-electron chi connectivity index (χ3n) is 3.30. The number of amides is 1. The molecule has 1 aromatic rings. The zero-order valence-electron chi connectivity index (χ0n) is 11.1. The van der Waals surface area contributed by atoms with Crippen LogP contribution in [0.15, 0.2) is 18.2 Å². The first kappa shape index (κ1) is 15.7. The van der Waals surface area contributed by atoms with E-state index < -0.39 is 24.0 Å². The van der Waals surface area contributed by atoms with E-state index in [0.29, 0.717) is 30.8 Å². The maximum absolute atomic E-state index is 12.9. The first-order chi connectivity index (χ1) is 9.97. The highest BCUT2D eigenvalue weighted by atomic mass is 35.5. The second kappa shape index (κ2) is 6.87. The fraction of sp³-hybridized carbons (Fsp3) is 0.429. The molecule has 2 rings (SSSR count). The first-order valence-electron chi connectivity index (χ1n) is 6.57. The van der Waals surface area contributed by atoms with Gasteiger partial charge in [0.05, 0.1) is 0 Å². The molecule has 0 bridgehead atoms. The Morgan fingerprint density at radius 3 is 2.71 bits per heavy atom. The number of benzene rings is 1. The van der Waals surface area contributed by atoms with Crippen LogP contribution in [0.4, 0.5) is 4.39 Å². The van der Waals surface area contributed by atoms with Gasteiger partial charge in [-0.3, -0.25) is 4.79 Å². The molecule has 0 aliphatic carbocycles. The van der Waals surface area contributed by atoms with Crippen LogP contribution in [0.2, 0.25) is 5.02 Å². The molecule has 2 N–H and O–H groups in total. The molecule has 0 saturated carbocycles. The Morgan fingerprint density at radius 1 is 1.38 bits per heavy atom. The Bertz CT molecular complexity index is 552. The number of hydrogen-bond donors (Lipinski definition) is 2. The highest BCUT2D eigenvalue weighted by Gasteiger charge is 2.34. The summed E-state index contributed by atoms with van der Waals surface area (Å²) in [6.45, 7) is 0.321. The van der Waals surface area contributed by atoms with Gasteiger partial charge in [0.15, 0.2) is 6.10 Å². The quantitative estimate of drug-likeness (QED) is 0.868. The highest BCUT2D eigenvalue weighted by Crippen LogP contribution is 2.20. The van der Waals surface area contributed by atoms with Crippen molar-refractivity contribution in [3.8, 4) is 0 Å². The van der Waals surface area contributed by atoms with Crippen LogP contribution in [0.5, 0.6) is 0 Å². The molecular weight excluding hydrogens is 301 g/mol. The van der Waals surface area contributed by atoms with E-state index in [1.807, 2.05) is 0 Å². The molecule has 5 nitrogen and oxygen atoms in total. The summed E-state index contributed by atoms with van der Waals surface area (Å²) in [5.74, 6) is -1.80. The first-order valence-corrected chi connectivity index (χ1v) is 6.95. The standard InChI is InChI=1S/C14H15ClFNO4/c15-10-7-9(16)2-1-8(10)5-6-17-13(18)11-3-4-12(21-11)14(19)20/h1-2,7,11-12H,3-6H2,(H,17,18)(H,19,20)/t11-,12+/m0/s1. The summed E-state index contributed by atoms with van der Waals surface area (Å²) in [5.41, 5.74) is 0.731. The van der Waals surface area contributed by atoms with E-state index in [9.17, 15) is 14.0 Å².